The zero-order valence-corrected chi connectivity index (χ0v) is 15.2. The van der Waals surface area contributed by atoms with E-state index in [4.69, 9.17) is 15.2 Å². The van der Waals surface area contributed by atoms with Crippen LogP contribution in [0.3, 0.4) is 0 Å². The Morgan fingerprint density at radius 1 is 1.26 bits per heavy atom. The average Bonchev–Trinajstić information content (AvgIpc) is 2.98. The van der Waals surface area contributed by atoms with E-state index in [1.807, 2.05) is 18.1 Å². The van der Waals surface area contributed by atoms with E-state index in [-0.39, 0.29) is 18.5 Å². The molecule has 0 saturated heterocycles. The number of hydrogen-bond acceptors (Lipinski definition) is 7. The van der Waals surface area contributed by atoms with Crippen molar-refractivity contribution in [2.24, 2.45) is 15.9 Å². The van der Waals surface area contributed by atoms with Gasteiger partial charge in [0.05, 0.1) is 11.3 Å². The van der Waals surface area contributed by atoms with Crippen LogP contribution in [0.15, 0.2) is 34.1 Å². The molecule has 1 aromatic carbocycles. The minimum absolute atomic E-state index is 0.0283. The Bertz CT molecular complexity index is 833. The third kappa shape index (κ3) is 3.62. The van der Waals surface area contributed by atoms with Gasteiger partial charge in [-0.2, -0.15) is 13.2 Å². The van der Waals surface area contributed by atoms with Crippen LogP contribution in [0.2, 0.25) is 0 Å². The number of fused-ring (bicyclic) bond motifs is 1. The fourth-order valence-corrected chi connectivity index (χ4v) is 2.96. The molecule has 1 aromatic rings. The lowest BCUT2D eigenvalue weighted by molar-refractivity contribution is -0.137. The molecule has 27 heavy (non-hydrogen) atoms. The molecule has 0 aliphatic carbocycles. The third-order valence-corrected chi connectivity index (χ3v) is 4.20. The first-order chi connectivity index (χ1) is 12.7. The molecule has 0 atom stereocenters. The van der Waals surface area contributed by atoms with Crippen LogP contribution in [0, 0.1) is 6.92 Å². The number of nitrogens with zero attached hydrogens (tertiary/aromatic N) is 4. The Morgan fingerprint density at radius 2 is 2.00 bits per heavy atom. The zero-order chi connectivity index (χ0) is 19.8. The SMILES string of the molecule is CCOCOc1cc(C(F)(F)F)cc(C)c1C1=NN=C(N)N2C1=CCN2C. The highest BCUT2D eigenvalue weighted by Gasteiger charge is 2.36. The number of halogens is 3. The summed E-state index contributed by atoms with van der Waals surface area (Å²) < 4.78 is 50.4. The lowest BCUT2D eigenvalue weighted by Crippen LogP contribution is -2.46. The summed E-state index contributed by atoms with van der Waals surface area (Å²) in [6.45, 7) is 4.11. The number of hydrazine groups is 1. The van der Waals surface area contributed by atoms with Gasteiger partial charge < -0.3 is 15.2 Å². The van der Waals surface area contributed by atoms with Crippen LogP contribution in [0.4, 0.5) is 13.2 Å². The van der Waals surface area contributed by atoms with Gasteiger partial charge >= 0.3 is 6.18 Å². The van der Waals surface area contributed by atoms with E-state index < -0.39 is 11.7 Å². The highest BCUT2D eigenvalue weighted by Crippen LogP contribution is 2.37. The number of alkyl halides is 3. The second-order valence-corrected chi connectivity index (χ2v) is 6.07. The Morgan fingerprint density at radius 3 is 2.67 bits per heavy atom. The molecule has 0 radical (unpaired) electrons. The van der Waals surface area contributed by atoms with Gasteiger partial charge in [-0.25, -0.2) is 10.0 Å². The van der Waals surface area contributed by atoms with Gasteiger partial charge in [0.15, 0.2) is 6.79 Å². The number of likely N-dealkylation sites (N-methyl/N-ethyl adjacent to an activating group) is 1. The molecule has 2 N–H and O–H groups in total. The van der Waals surface area contributed by atoms with Gasteiger partial charge in [0, 0.05) is 25.8 Å². The molecule has 146 valence electrons. The average molecular weight is 383 g/mol. The fraction of sp³-hybridized carbons (Fsp3) is 0.412. The van der Waals surface area contributed by atoms with E-state index in [2.05, 4.69) is 10.2 Å². The van der Waals surface area contributed by atoms with Gasteiger partial charge in [-0.3, -0.25) is 0 Å². The minimum Gasteiger partial charge on any atom is -0.467 e. The highest BCUT2D eigenvalue weighted by molar-refractivity contribution is 6.17. The van der Waals surface area contributed by atoms with Crippen molar-refractivity contribution in [2.75, 3.05) is 27.0 Å². The van der Waals surface area contributed by atoms with Crippen LogP contribution in [0.5, 0.6) is 5.75 Å². The molecule has 10 heteroatoms. The number of hydrogen-bond donors (Lipinski definition) is 1. The molecule has 0 aromatic heterocycles. The molecule has 0 unspecified atom stereocenters. The van der Waals surface area contributed by atoms with Crippen LogP contribution in [0.25, 0.3) is 0 Å². The molecule has 2 heterocycles. The number of nitrogens with two attached hydrogens (primary N) is 1. The van der Waals surface area contributed by atoms with E-state index >= 15 is 0 Å². The topological polar surface area (TPSA) is 75.7 Å². The van der Waals surface area contributed by atoms with Gasteiger partial charge in [-0.05, 0) is 37.6 Å². The van der Waals surface area contributed by atoms with Gasteiger partial charge in [-0.1, -0.05) is 0 Å². The standard InChI is InChI=1S/C17H20F3N5O2/c1-4-26-9-27-13-8-11(17(18,19)20)7-10(2)14(13)15-12-5-6-24(3)25(12)16(21)23-22-15/h5,7-8H,4,6,9H2,1-3H3,(H2,21,23). The first-order valence-electron chi connectivity index (χ1n) is 8.29. The van der Waals surface area contributed by atoms with Crippen molar-refractivity contribution in [3.63, 3.8) is 0 Å². The van der Waals surface area contributed by atoms with Crippen molar-refractivity contribution in [1.82, 2.24) is 10.0 Å². The predicted molar refractivity (Wildman–Crippen MR) is 94.0 cm³/mol. The van der Waals surface area contributed by atoms with Crippen molar-refractivity contribution >= 4 is 11.7 Å². The summed E-state index contributed by atoms with van der Waals surface area (Å²) in [5.74, 6) is 0.215. The van der Waals surface area contributed by atoms with E-state index in [0.717, 1.165) is 12.1 Å². The van der Waals surface area contributed by atoms with Crippen LogP contribution in [0.1, 0.15) is 23.6 Å². The van der Waals surface area contributed by atoms with Crippen molar-refractivity contribution in [1.29, 1.82) is 0 Å². The number of benzene rings is 1. The molecule has 3 rings (SSSR count). The van der Waals surface area contributed by atoms with Crippen LogP contribution >= 0.6 is 0 Å². The first-order valence-corrected chi connectivity index (χ1v) is 8.29. The van der Waals surface area contributed by atoms with Crippen molar-refractivity contribution in [3.05, 3.63) is 40.6 Å². The lowest BCUT2D eigenvalue weighted by Gasteiger charge is -2.31. The minimum atomic E-state index is -4.50. The number of guanidine groups is 1. The van der Waals surface area contributed by atoms with E-state index in [1.165, 1.54) is 0 Å². The molecule has 0 spiro atoms. The molecule has 2 aliphatic heterocycles. The maximum atomic E-state index is 13.2. The number of allylic oxidation sites excluding steroid dienone is 1. The molecular weight excluding hydrogens is 363 g/mol. The van der Waals surface area contributed by atoms with E-state index in [9.17, 15) is 13.2 Å². The largest absolute Gasteiger partial charge is 0.467 e. The van der Waals surface area contributed by atoms with Crippen molar-refractivity contribution in [2.45, 2.75) is 20.0 Å². The molecule has 0 fully saturated rings. The van der Waals surface area contributed by atoms with Gasteiger partial charge in [0.1, 0.15) is 11.5 Å². The quantitative estimate of drug-likeness (QED) is 0.625. The Hall–Kier alpha value is -2.59. The van der Waals surface area contributed by atoms with Crippen LogP contribution in [-0.2, 0) is 10.9 Å². The molecule has 0 saturated carbocycles. The first kappa shape index (κ1) is 19.2. The molecule has 2 aliphatic rings. The van der Waals surface area contributed by atoms with Gasteiger partial charge in [0.2, 0.25) is 5.96 Å². The lowest BCUT2D eigenvalue weighted by atomic mass is 9.97. The monoisotopic (exact) mass is 383 g/mol. The summed E-state index contributed by atoms with van der Waals surface area (Å²) in [5, 5.41) is 11.6. The maximum absolute atomic E-state index is 13.2. The van der Waals surface area contributed by atoms with Crippen molar-refractivity contribution in [3.8, 4) is 5.75 Å². The molecule has 7 nitrogen and oxygen atoms in total. The van der Waals surface area contributed by atoms with Gasteiger partial charge in [0.25, 0.3) is 0 Å². The Balaban J connectivity index is 2.11. The van der Waals surface area contributed by atoms with Gasteiger partial charge in [-0.15, -0.1) is 10.2 Å². The molecule has 0 amide bonds. The van der Waals surface area contributed by atoms with Crippen LogP contribution in [-0.4, -0.2) is 48.7 Å². The third-order valence-electron chi connectivity index (χ3n) is 4.20. The second-order valence-electron chi connectivity index (χ2n) is 6.07. The zero-order valence-electron chi connectivity index (χ0n) is 15.2. The number of ether oxygens (including phenoxy) is 2. The highest BCUT2D eigenvalue weighted by atomic mass is 19.4. The molecular formula is C17H20F3N5O2. The van der Waals surface area contributed by atoms with Crippen molar-refractivity contribution < 1.29 is 22.6 Å². The Labute approximate surface area is 154 Å². The summed E-state index contributed by atoms with van der Waals surface area (Å²) in [6.07, 6.45) is -2.62. The second kappa shape index (κ2) is 7.20. The molecule has 0 bridgehead atoms. The number of aryl methyl sites for hydroxylation is 1. The summed E-state index contributed by atoms with van der Waals surface area (Å²) in [6, 6.07) is 2.02. The predicted octanol–water partition coefficient (Wildman–Crippen LogP) is 2.47. The van der Waals surface area contributed by atoms with E-state index in [0.29, 0.717) is 35.7 Å². The maximum Gasteiger partial charge on any atom is 0.416 e. The smallest absolute Gasteiger partial charge is 0.416 e. The van der Waals surface area contributed by atoms with Crippen LogP contribution < -0.4 is 10.5 Å². The fourth-order valence-electron chi connectivity index (χ4n) is 2.96. The summed E-state index contributed by atoms with van der Waals surface area (Å²) >= 11 is 0. The number of rotatable bonds is 5. The summed E-state index contributed by atoms with van der Waals surface area (Å²) in [7, 11) is 1.82. The summed E-state index contributed by atoms with van der Waals surface area (Å²) in [5.41, 5.74) is 6.92. The Kier molecular flexibility index (Phi) is 5.11. The summed E-state index contributed by atoms with van der Waals surface area (Å²) in [4.78, 5) is 0. The van der Waals surface area contributed by atoms with E-state index in [1.54, 1.807) is 18.9 Å². The normalized spacial score (nSPS) is 17.4.